The molecular weight excluding hydrogens is 198 g/mol. The van der Waals surface area contributed by atoms with Gasteiger partial charge in [-0.2, -0.15) is 11.8 Å². The van der Waals surface area contributed by atoms with E-state index in [1.165, 1.54) is 11.5 Å². The van der Waals surface area contributed by atoms with E-state index in [1.807, 2.05) is 11.8 Å². The van der Waals surface area contributed by atoms with Gasteiger partial charge in [-0.05, 0) is 13.3 Å². The Kier molecular flexibility index (Phi) is 4.10. The largest absolute Gasteiger partial charge is 0.379 e. The Balaban J connectivity index is 1.54. The number of rotatable bonds is 5. The van der Waals surface area contributed by atoms with Crippen molar-refractivity contribution in [2.24, 2.45) is 0 Å². The number of hydrogen-bond donors (Lipinski definition) is 1. The molecule has 0 aliphatic carbocycles. The highest BCUT2D eigenvalue weighted by Crippen LogP contribution is 2.17. The third-order valence-corrected chi connectivity index (χ3v) is 3.90. The average Bonchev–Trinajstić information content (AvgIpc) is 2.60. The molecule has 2 fully saturated rings. The molecule has 1 N–H and O–H groups in total. The second-order valence-corrected chi connectivity index (χ2v) is 5.20. The third-order valence-electron chi connectivity index (χ3n) is 2.63. The van der Waals surface area contributed by atoms with Crippen LogP contribution in [0, 0.1) is 0 Å². The van der Waals surface area contributed by atoms with Crippen LogP contribution in [-0.2, 0) is 9.47 Å². The summed E-state index contributed by atoms with van der Waals surface area (Å²) in [6, 6.07) is 1.19. The minimum Gasteiger partial charge on any atom is -0.379 e. The first kappa shape index (κ1) is 10.7. The highest BCUT2D eigenvalue weighted by molar-refractivity contribution is 8.00. The monoisotopic (exact) mass is 217 g/mol. The molecule has 4 heteroatoms. The number of hydrogen-bond acceptors (Lipinski definition) is 4. The van der Waals surface area contributed by atoms with Crippen molar-refractivity contribution in [3.8, 4) is 0 Å². The van der Waals surface area contributed by atoms with Crippen LogP contribution in [0.4, 0.5) is 0 Å². The van der Waals surface area contributed by atoms with Crippen LogP contribution in [0.25, 0.3) is 0 Å². The average molecular weight is 217 g/mol. The summed E-state index contributed by atoms with van der Waals surface area (Å²) in [7, 11) is 0. The summed E-state index contributed by atoms with van der Waals surface area (Å²) in [5.41, 5.74) is 0. The molecule has 0 aromatic heterocycles. The summed E-state index contributed by atoms with van der Waals surface area (Å²) in [5, 5.41) is 3.55. The Morgan fingerprint density at radius 2 is 2.43 bits per heavy atom. The van der Waals surface area contributed by atoms with Gasteiger partial charge >= 0.3 is 0 Å². The van der Waals surface area contributed by atoms with Gasteiger partial charge in [-0.3, -0.25) is 0 Å². The minimum absolute atomic E-state index is 0.343. The SMILES string of the molecule is CC(COC1CCOC1)NC1CSC1. The van der Waals surface area contributed by atoms with Gasteiger partial charge in [0, 0.05) is 30.2 Å². The fourth-order valence-electron chi connectivity index (χ4n) is 1.71. The second-order valence-electron chi connectivity index (χ2n) is 4.12. The maximum atomic E-state index is 5.74. The van der Waals surface area contributed by atoms with Gasteiger partial charge in [-0.1, -0.05) is 0 Å². The zero-order valence-electron chi connectivity index (χ0n) is 8.70. The standard InChI is InChI=1S/C10H19NO2S/c1-8(11-9-6-14-7-9)4-13-10-2-3-12-5-10/h8-11H,2-7H2,1H3. The maximum absolute atomic E-state index is 5.74. The van der Waals surface area contributed by atoms with E-state index in [4.69, 9.17) is 9.47 Å². The molecule has 0 amide bonds. The van der Waals surface area contributed by atoms with E-state index >= 15 is 0 Å². The van der Waals surface area contributed by atoms with E-state index in [1.54, 1.807) is 0 Å². The predicted molar refractivity (Wildman–Crippen MR) is 58.9 cm³/mol. The number of nitrogens with one attached hydrogen (secondary N) is 1. The number of thioether (sulfide) groups is 1. The van der Waals surface area contributed by atoms with Gasteiger partial charge < -0.3 is 14.8 Å². The van der Waals surface area contributed by atoms with E-state index in [2.05, 4.69) is 12.2 Å². The van der Waals surface area contributed by atoms with Gasteiger partial charge in [-0.25, -0.2) is 0 Å². The van der Waals surface area contributed by atoms with Crippen LogP contribution in [0.5, 0.6) is 0 Å². The zero-order chi connectivity index (χ0) is 9.80. The molecule has 0 bridgehead atoms. The third kappa shape index (κ3) is 3.12. The van der Waals surface area contributed by atoms with E-state index in [-0.39, 0.29) is 0 Å². The highest BCUT2D eigenvalue weighted by Gasteiger charge is 2.21. The highest BCUT2D eigenvalue weighted by atomic mass is 32.2. The summed E-state index contributed by atoms with van der Waals surface area (Å²) in [6.45, 7) is 4.66. The maximum Gasteiger partial charge on any atom is 0.0831 e. The fourth-order valence-corrected chi connectivity index (χ4v) is 2.37. The van der Waals surface area contributed by atoms with Crippen molar-refractivity contribution in [2.75, 3.05) is 31.3 Å². The first-order valence-electron chi connectivity index (χ1n) is 5.38. The van der Waals surface area contributed by atoms with Crippen LogP contribution in [0.2, 0.25) is 0 Å². The Bertz CT molecular complexity index is 170. The lowest BCUT2D eigenvalue weighted by Gasteiger charge is -2.29. The van der Waals surface area contributed by atoms with Crippen molar-refractivity contribution in [1.82, 2.24) is 5.32 Å². The first-order valence-corrected chi connectivity index (χ1v) is 6.53. The van der Waals surface area contributed by atoms with Crippen molar-refractivity contribution in [2.45, 2.75) is 31.5 Å². The fraction of sp³-hybridized carbons (Fsp3) is 1.00. The van der Waals surface area contributed by atoms with Gasteiger partial charge in [0.05, 0.1) is 19.3 Å². The van der Waals surface area contributed by atoms with Crippen molar-refractivity contribution >= 4 is 11.8 Å². The van der Waals surface area contributed by atoms with Gasteiger partial charge in [0.15, 0.2) is 0 Å². The normalized spacial score (nSPS) is 30.2. The van der Waals surface area contributed by atoms with E-state index in [0.29, 0.717) is 12.1 Å². The molecule has 3 nitrogen and oxygen atoms in total. The molecule has 2 aliphatic rings. The lowest BCUT2D eigenvalue weighted by atomic mass is 10.2. The minimum atomic E-state index is 0.343. The summed E-state index contributed by atoms with van der Waals surface area (Å²) in [5.74, 6) is 2.52. The van der Waals surface area contributed by atoms with Crippen LogP contribution >= 0.6 is 11.8 Å². The predicted octanol–water partition coefficient (Wildman–Crippen LogP) is 0.885. The van der Waals surface area contributed by atoms with E-state index in [0.717, 1.165) is 32.3 Å². The second kappa shape index (κ2) is 5.35. The Morgan fingerprint density at radius 1 is 1.57 bits per heavy atom. The molecule has 0 aromatic rings. The molecule has 14 heavy (non-hydrogen) atoms. The molecule has 0 saturated carbocycles. The van der Waals surface area contributed by atoms with Crippen molar-refractivity contribution < 1.29 is 9.47 Å². The molecule has 82 valence electrons. The molecule has 2 rings (SSSR count). The van der Waals surface area contributed by atoms with Crippen molar-refractivity contribution in [3.05, 3.63) is 0 Å². The molecule has 2 unspecified atom stereocenters. The van der Waals surface area contributed by atoms with Crippen LogP contribution < -0.4 is 5.32 Å². The molecule has 2 atom stereocenters. The summed E-state index contributed by atoms with van der Waals surface area (Å²) in [6.07, 6.45) is 1.40. The molecule has 0 aromatic carbocycles. The van der Waals surface area contributed by atoms with Crippen LogP contribution in [0.15, 0.2) is 0 Å². The Hall–Kier alpha value is 0.230. The zero-order valence-corrected chi connectivity index (χ0v) is 9.52. The smallest absolute Gasteiger partial charge is 0.0831 e. The van der Waals surface area contributed by atoms with Crippen molar-refractivity contribution in [3.63, 3.8) is 0 Å². The van der Waals surface area contributed by atoms with Gasteiger partial charge in [0.25, 0.3) is 0 Å². The molecular formula is C10H19NO2S. The van der Waals surface area contributed by atoms with Crippen LogP contribution in [0.1, 0.15) is 13.3 Å². The molecule has 0 spiro atoms. The number of ether oxygens (including phenoxy) is 2. The Labute approximate surface area is 89.9 Å². The van der Waals surface area contributed by atoms with E-state index < -0.39 is 0 Å². The molecule has 2 saturated heterocycles. The molecule has 0 radical (unpaired) electrons. The van der Waals surface area contributed by atoms with E-state index in [9.17, 15) is 0 Å². The molecule has 2 heterocycles. The Morgan fingerprint density at radius 3 is 3.00 bits per heavy atom. The lowest BCUT2D eigenvalue weighted by molar-refractivity contribution is 0.0314. The van der Waals surface area contributed by atoms with Crippen molar-refractivity contribution in [1.29, 1.82) is 0 Å². The lowest BCUT2D eigenvalue weighted by Crippen LogP contribution is -2.47. The van der Waals surface area contributed by atoms with Gasteiger partial charge in [0.2, 0.25) is 0 Å². The van der Waals surface area contributed by atoms with Crippen LogP contribution in [0.3, 0.4) is 0 Å². The quantitative estimate of drug-likeness (QED) is 0.741. The van der Waals surface area contributed by atoms with Gasteiger partial charge in [-0.15, -0.1) is 0 Å². The molecule has 2 aliphatic heterocycles. The summed E-state index contributed by atoms with van der Waals surface area (Å²) < 4.78 is 11.0. The summed E-state index contributed by atoms with van der Waals surface area (Å²) in [4.78, 5) is 0. The van der Waals surface area contributed by atoms with Gasteiger partial charge in [0.1, 0.15) is 0 Å². The first-order chi connectivity index (χ1) is 6.84. The topological polar surface area (TPSA) is 30.5 Å². The van der Waals surface area contributed by atoms with Crippen LogP contribution in [-0.4, -0.2) is 49.5 Å². The summed E-state index contributed by atoms with van der Waals surface area (Å²) >= 11 is 2.01.